The summed E-state index contributed by atoms with van der Waals surface area (Å²) in [6, 6.07) is 6.30. The second-order valence-electron chi connectivity index (χ2n) is 9.96. The number of amides is 3. The Morgan fingerprint density at radius 2 is 1.70 bits per heavy atom. The molecule has 0 radical (unpaired) electrons. The molecule has 1 aromatic carbocycles. The number of benzene rings is 1. The molecule has 206 valence electrons. The first-order chi connectivity index (χ1) is 17.6. The van der Waals surface area contributed by atoms with Gasteiger partial charge < -0.3 is 20.3 Å². The second kappa shape index (κ2) is 15.5. The number of esters is 1. The van der Waals surface area contributed by atoms with E-state index >= 15 is 0 Å². The zero-order valence-electron chi connectivity index (χ0n) is 22.4. The molecule has 37 heavy (non-hydrogen) atoms. The van der Waals surface area contributed by atoms with Gasteiger partial charge in [0.25, 0.3) is 0 Å². The summed E-state index contributed by atoms with van der Waals surface area (Å²) in [5.41, 5.74) is 1.61. The highest BCUT2D eigenvalue weighted by molar-refractivity contribution is 7.86. The molecule has 2 rings (SSSR count). The fraction of sp³-hybridized carbons (Fsp3) is 0.630. The van der Waals surface area contributed by atoms with Crippen LogP contribution in [0.3, 0.4) is 0 Å². The molecule has 0 spiro atoms. The molecule has 2 N–H and O–H groups in total. The average Bonchev–Trinajstić information content (AvgIpc) is 2.83. The molecule has 1 aliphatic rings. The SMILES string of the molecule is CCOC(=O)CN(C(=O)C[S@](=O)CC(=O)Nc1ccc(C)cc1)[C@@H](CC(C)C)C(=O)NC1CCCCC1. The van der Waals surface area contributed by atoms with Gasteiger partial charge in [-0.3, -0.25) is 23.4 Å². The molecule has 0 bridgehead atoms. The fourth-order valence-corrected chi connectivity index (χ4v) is 5.24. The molecule has 1 saturated carbocycles. The van der Waals surface area contributed by atoms with Gasteiger partial charge in [0.15, 0.2) is 0 Å². The number of carbonyl (C=O) groups excluding carboxylic acids is 4. The van der Waals surface area contributed by atoms with Crippen molar-refractivity contribution in [1.29, 1.82) is 0 Å². The average molecular weight is 536 g/mol. The van der Waals surface area contributed by atoms with Crippen LogP contribution < -0.4 is 10.6 Å². The number of ether oxygens (including phenoxy) is 1. The van der Waals surface area contributed by atoms with Gasteiger partial charge in [-0.1, -0.05) is 50.8 Å². The molecule has 0 heterocycles. The van der Waals surface area contributed by atoms with E-state index in [1.165, 1.54) is 4.90 Å². The summed E-state index contributed by atoms with van der Waals surface area (Å²) < 4.78 is 17.8. The maximum absolute atomic E-state index is 13.3. The number of nitrogens with one attached hydrogen (secondary N) is 2. The van der Waals surface area contributed by atoms with E-state index in [1.807, 2.05) is 32.9 Å². The summed E-state index contributed by atoms with van der Waals surface area (Å²) in [6.07, 6.45) is 5.31. The van der Waals surface area contributed by atoms with Crippen LogP contribution in [0.5, 0.6) is 0 Å². The zero-order chi connectivity index (χ0) is 27.4. The van der Waals surface area contributed by atoms with Crippen molar-refractivity contribution in [2.45, 2.75) is 78.3 Å². The van der Waals surface area contributed by atoms with Crippen molar-refractivity contribution in [3.8, 4) is 0 Å². The van der Waals surface area contributed by atoms with Crippen LogP contribution in [0.4, 0.5) is 5.69 Å². The molecule has 1 aliphatic carbocycles. The standard InChI is InChI=1S/C27H41N3O6S/c1-5-36-26(33)16-30(23(15-19(2)3)27(34)29-21-9-7-6-8-10-21)25(32)18-37(35)17-24(31)28-22-13-11-20(4)12-14-22/h11-14,19,21,23H,5-10,15-18H2,1-4H3,(H,28,31)(H,29,34)/t23-,37+/m0/s1. The van der Waals surface area contributed by atoms with Gasteiger partial charge in [0, 0.05) is 22.5 Å². The third-order valence-corrected chi connectivity index (χ3v) is 7.32. The Kier molecular flexibility index (Phi) is 12.8. The Morgan fingerprint density at radius 3 is 2.30 bits per heavy atom. The summed E-state index contributed by atoms with van der Waals surface area (Å²) in [5, 5.41) is 5.73. The Balaban J connectivity index is 2.12. The smallest absolute Gasteiger partial charge is 0.325 e. The molecule has 3 amide bonds. The van der Waals surface area contributed by atoms with Crippen LogP contribution in [0, 0.1) is 12.8 Å². The van der Waals surface area contributed by atoms with Gasteiger partial charge in [-0.25, -0.2) is 0 Å². The third kappa shape index (κ3) is 11.0. The number of carbonyl (C=O) groups is 4. The molecule has 9 nitrogen and oxygen atoms in total. The Morgan fingerprint density at radius 1 is 1.05 bits per heavy atom. The van der Waals surface area contributed by atoms with Crippen molar-refractivity contribution >= 4 is 40.2 Å². The van der Waals surface area contributed by atoms with Crippen LogP contribution in [-0.2, 0) is 34.7 Å². The lowest BCUT2D eigenvalue weighted by Gasteiger charge is -2.33. The number of nitrogens with zero attached hydrogens (tertiary/aromatic N) is 1. The first-order valence-electron chi connectivity index (χ1n) is 13.1. The predicted octanol–water partition coefficient (Wildman–Crippen LogP) is 2.94. The van der Waals surface area contributed by atoms with Crippen molar-refractivity contribution in [1.82, 2.24) is 10.2 Å². The van der Waals surface area contributed by atoms with Gasteiger partial charge in [-0.15, -0.1) is 0 Å². The quantitative estimate of drug-likeness (QED) is 0.375. The van der Waals surface area contributed by atoms with E-state index in [1.54, 1.807) is 19.1 Å². The van der Waals surface area contributed by atoms with Crippen LogP contribution in [0.25, 0.3) is 0 Å². The van der Waals surface area contributed by atoms with E-state index in [-0.39, 0.29) is 30.2 Å². The summed E-state index contributed by atoms with van der Waals surface area (Å²) in [4.78, 5) is 52.5. The monoisotopic (exact) mass is 535 g/mol. The maximum atomic E-state index is 13.3. The lowest BCUT2D eigenvalue weighted by atomic mass is 9.94. The molecule has 2 atom stereocenters. The van der Waals surface area contributed by atoms with E-state index in [0.717, 1.165) is 37.7 Å². The van der Waals surface area contributed by atoms with E-state index in [9.17, 15) is 23.4 Å². The highest BCUT2D eigenvalue weighted by Gasteiger charge is 2.34. The lowest BCUT2D eigenvalue weighted by Crippen LogP contribution is -2.55. The predicted molar refractivity (Wildman–Crippen MR) is 144 cm³/mol. The molecule has 1 fully saturated rings. The normalized spacial score (nSPS) is 15.5. The van der Waals surface area contributed by atoms with Gasteiger partial charge in [0.2, 0.25) is 17.7 Å². The first-order valence-corrected chi connectivity index (χ1v) is 14.5. The zero-order valence-corrected chi connectivity index (χ0v) is 23.2. The van der Waals surface area contributed by atoms with Gasteiger partial charge >= 0.3 is 5.97 Å². The second-order valence-corrected chi connectivity index (χ2v) is 11.4. The van der Waals surface area contributed by atoms with Gasteiger partial charge in [-0.05, 0) is 51.2 Å². The molecule has 0 unspecified atom stereocenters. The minimum Gasteiger partial charge on any atom is -0.465 e. The van der Waals surface area contributed by atoms with Crippen molar-refractivity contribution in [2.24, 2.45) is 5.92 Å². The topological polar surface area (TPSA) is 122 Å². The van der Waals surface area contributed by atoms with Gasteiger partial charge in [-0.2, -0.15) is 0 Å². The van der Waals surface area contributed by atoms with E-state index in [2.05, 4.69) is 10.6 Å². The van der Waals surface area contributed by atoms with Gasteiger partial charge in [0.1, 0.15) is 24.1 Å². The van der Waals surface area contributed by atoms with Crippen LogP contribution in [0.2, 0.25) is 0 Å². The minimum absolute atomic E-state index is 0.0371. The number of rotatable bonds is 13. The molecular formula is C27H41N3O6S. The fourth-order valence-electron chi connectivity index (χ4n) is 4.34. The highest BCUT2D eigenvalue weighted by atomic mass is 32.2. The van der Waals surface area contributed by atoms with E-state index < -0.39 is 46.9 Å². The highest BCUT2D eigenvalue weighted by Crippen LogP contribution is 2.19. The van der Waals surface area contributed by atoms with Crippen LogP contribution >= 0.6 is 0 Å². The Hall–Kier alpha value is -2.75. The first kappa shape index (κ1) is 30.5. The largest absolute Gasteiger partial charge is 0.465 e. The molecule has 1 aromatic rings. The van der Waals surface area contributed by atoms with Crippen molar-refractivity contribution in [3.05, 3.63) is 29.8 Å². The molecule has 0 aliphatic heterocycles. The van der Waals surface area contributed by atoms with Crippen molar-refractivity contribution < 1.29 is 28.1 Å². The molecule has 0 aromatic heterocycles. The third-order valence-electron chi connectivity index (χ3n) is 6.16. The number of anilines is 1. The Labute approximate surface area is 222 Å². The van der Waals surface area contributed by atoms with Crippen molar-refractivity contribution in [2.75, 3.05) is 30.0 Å². The summed E-state index contributed by atoms with van der Waals surface area (Å²) in [6.45, 7) is 7.16. The summed E-state index contributed by atoms with van der Waals surface area (Å²) >= 11 is 0. The summed E-state index contributed by atoms with van der Waals surface area (Å²) in [7, 11) is -1.83. The number of hydrogen-bond donors (Lipinski definition) is 2. The molecule has 0 saturated heterocycles. The molecule has 10 heteroatoms. The van der Waals surface area contributed by atoms with Crippen LogP contribution in [0.1, 0.15) is 64.9 Å². The lowest BCUT2D eigenvalue weighted by molar-refractivity contribution is -0.151. The maximum Gasteiger partial charge on any atom is 0.325 e. The van der Waals surface area contributed by atoms with E-state index in [0.29, 0.717) is 12.1 Å². The van der Waals surface area contributed by atoms with Gasteiger partial charge in [0.05, 0.1) is 6.61 Å². The van der Waals surface area contributed by atoms with Crippen LogP contribution in [0.15, 0.2) is 24.3 Å². The van der Waals surface area contributed by atoms with Crippen molar-refractivity contribution in [3.63, 3.8) is 0 Å². The number of aryl methyl sites for hydroxylation is 1. The summed E-state index contributed by atoms with van der Waals surface area (Å²) in [5.74, 6) is -2.87. The van der Waals surface area contributed by atoms with Crippen LogP contribution in [-0.4, -0.2) is 69.5 Å². The molecular weight excluding hydrogens is 494 g/mol. The van der Waals surface area contributed by atoms with E-state index in [4.69, 9.17) is 4.74 Å². The minimum atomic E-state index is -1.83. The Bertz CT molecular complexity index is 944. The number of hydrogen-bond acceptors (Lipinski definition) is 6.